The molecule has 1 heterocycles. The van der Waals surface area contributed by atoms with Crippen molar-refractivity contribution < 1.29 is 27.5 Å². The summed E-state index contributed by atoms with van der Waals surface area (Å²) in [6.07, 6.45) is -2.77. The Balaban J connectivity index is 1.61. The summed E-state index contributed by atoms with van der Waals surface area (Å²) in [6, 6.07) is 17.7. The summed E-state index contributed by atoms with van der Waals surface area (Å²) in [7, 11) is 0. The second-order valence-corrected chi connectivity index (χ2v) is 8.49. The monoisotopic (exact) mass is 510 g/mol. The zero-order chi connectivity index (χ0) is 26.6. The molecular weight excluding hydrogens is 485 g/mol. The minimum absolute atomic E-state index is 0.0744. The molecule has 0 aliphatic heterocycles. The summed E-state index contributed by atoms with van der Waals surface area (Å²) >= 11 is 0. The van der Waals surface area contributed by atoms with E-state index in [1.54, 1.807) is 24.3 Å². The van der Waals surface area contributed by atoms with E-state index >= 15 is 0 Å². The molecule has 0 spiro atoms. The summed E-state index contributed by atoms with van der Waals surface area (Å²) in [4.78, 5) is 27.6. The van der Waals surface area contributed by atoms with Gasteiger partial charge >= 0.3 is 6.36 Å². The van der Waals surface area contributed by atoms with Crippen molar-refractivity contribution in [2.45, 2.75) is 25.7 Å². The van der Waals surface area contributed by atoms with Gasteiger partial charge < -0.3 is 26.1 Å². The lowest BCUT2D eigenvalue weighted by Crippen LogP contribution is -2.42. The fourth-order valence-electron chi connectivity index (χ4n) is 4.07. The third-order valence-electron chi connectivity index (χ3n) is 5.75. The molecule has 2 amide bonds. The number of amides is 2. The number of alkyl halides is 3. The third-order valence-corrected chi connectivity index (χ3v) is 5.75. The molecule has 5 N–H and O–H groups in total. The van der Waals surface area contributed by atoms with Gasteiger partial charge in [-0.05, 0) is 53.4 Å². The van der Waals surface area contributed by atoms with Gasteiger partial charge in [-0.15, -0.1) is 13.2 Å². The lowest BCUT2D eigenvalue weighted by atomic mass is 10.0. The first-order valence-corrected chi connectivity index (χ1v) is 11.5. The molecule has 0 fully saturated rings. The number of hydrogen-bond donors (Lipinski definition) is 4. The first-order chi connectivity index (χ1) is 17.6. The standard InChI is InChI=1S/C27H25F3N4O3/c1-16(35)33-20-9-6-17(7-10-20)18-8-11-25(37-27(28,29)30)23(13-18)26(36)34-21(14-31)12-19-15-32-24-5-3-2-4-22(19)24/h2-11,13,15,21,32H,12,14,31H2,1H3,(H,33,35)(H,34,36). The zero-order valence-electron chi connectivity index (χ0n) is 19.9. The maximum Gasteiger partial charge on any atom is 0.573 e. The van der Waals surface area contributed by atoms with Gasteiger partial charge in [0, 0.05) is 42.3 Å². The van der Waals surface area contributed by atoms with Crippen molar-refractivity contribution in [2.24, 2.45) is 5.73 Å². The molecule has 3 aromatic carbocycles. The minimum atomic E-state index is -4.98. The van der Waals surface area contributed by atoms with Gasteiger partial charge in [-0.1, -0.05) is 36.4 Å². The number of para-hydroxylation sites is 1. The molecule has 0 saturated heterocycles. The summed E-state index contributed by atoms with van der Waals surface area (Å²) in [5, 5.41) is 6.36. The number of H-pyrrole nitrogens is 1. The molecule has 4 aromatic rings. The molecule has 0 saturated carbocycles. The molecule has 0 aliphatic carbocycles. The van der Waals surface area contributed by atoms with Crippen LogP contribution in [0.5, 0.6) is 5.75 Å². The third kappa shape index (κ3) is 6.47. The second-order valence-electron chi connectivity index (χ2n) is 8.49. The Labute approximate surface area is 210 Å². The lowest BCUT2D eigenvalue weighted by molar-refractivity contribution is -0.274. The molecule has 0 aliphatic rings. The Hall–Kier alpha value is -4.31. The van der Waals surface area contributed by atoms with E-state index in [9.17, 15) is 22.8 Å². The highest BCUT2D eigenvalue weighted by atomic mass is 19.4. The minimum Gasteiger partial charge on any atom is -0.405 e. The fraction of sp³-hybridized carbons (Fsp3) is 0.185. The van der Waals surface area contributed by atoms with Gasteiger partial charge in [-0.2, -0.15) is 0 Å². The van der Waals surface area contributed by atoms with Gasteiger partial charge in [0.15, 0.2) is 0 Å². The largest absolute Gasteiger partial charge is 0.573 e. The number of carbonyl (C=O) groups excluding carboxylic acids is 2. The predicted molar refractivity (Wildman–Crippen MR) is 135 cm³/mol. The smallest absolute Gasteiger partial charge is 0.405 e. The molecule has 37 heavy (non-hydrogen) atoms. The van der Waals surface area contributed by atoms with Crippen LogP contribution in [0.1, 0.15) is 22.8 Å². The number of benzene rings is 3. The van der Waals surface area contributed by atoms with Crippen molar-refractivity contribution in [1.82, 2.24) is 10.3 Å². The van der Waals surface area contributed by atoms with Gasteiger partial charge in [-0.25, -0.2) is 0 Å². The number of nitrogens with one attached hydrogen (secondary N) is 3. The van der Waals surface area contributed by atoms with Gasteiger partial charge in [-0.3, -0.25) is 9.59 Å². The molecule has 192 valence electrons. The van der Waals surface area contributed by atoms with Crippen molar-refractivity contribution in [3.8, 4) is 16.9 Å². The van der Waals surface area contributed by atoms with E-state index in [1.807, 2.05) is 30.5 Å². The van der Waals surface area contributed by atoms with Crippen molar-refractivity contribution in [3.63, 3.8) is 0 Å². The topological polar surface area (TPSA) is 109 Å². The van der Waals surface area contributed by atoms with E-state index in [1.165, 1.54) is 19.1 Å². The van der Waals surface area contributed by atoms with E-state index in [2.05, 4.69) is 20.4 Å². The fourth-order valence-corrected chi connectivity index (χ4v) is 4.07. The van der Waals surface area contributed by atoms with Crippen molar-refractivity contribution in [3.05, 3.63) is 84.1 Å². The van der Waals surface area contributed by atoms with Crippen molar-refractivity contribution in [1.29, 1.82) is 0 Å². The van der Waals surface area contributed by atoms with Gasteiger partial charge in [0.05, 0.1) is 5.56 Å². The van der Waals surface area contributed by atoms with Crippen LogP contribution >= 0.6 is 0 Å². The molecule has 1 unspecified atom stereocenters. The summed E-state index contributed by atoms with van der Waals surface area (Å²) in [6.45, 7) is 1.45. The van der Waals surface area contributed by atoms with Gasteiger partial charge in [0.2, 0.25) is 5.91 Å². The Morgan fingerprint density at radius 3 is 2.41 bits per heavy atom. The van der Waals surface area contributed by atoms with Crippen LogP contribution in [0.2, 0.25) is 0 Å². The van der Waals surface area contributed by atoms with Crippen molar-refractivity contribution in [2.75, 3.05) is 11.9 Å². The van der Waals surface area contributed by atoms with E-state index in [4.69, 9.17) is 5.73 Å². The quantitative estimate of drug-likeness (QED) is 0.268. The van der Waals surface area contributed by atoms with Crippen molar-refractivity contribution >= 4 is 28.4 Å². The maximum atomic E-state index is 13.2. The van der Waals surface area contributed by atoms with Crippen LogP contribution in [0.15, 0.2) is 72.9 Å². The molecule has 4 rings (SSSR count). The highest BCUT2D eigenvalue weighted by Crippen LogP contribution is 2.31. The number of rotatable bonds is 8. The first kappa shape index (κ1) is 25.8. The average molecular weight is 511 g/mol. The maximum absolute atomic E-state index is 13.2. The van der Waals surface area contributed by atoms with Gasteiger partial charge in [0.1, 0.15) is 5.75 Å². The summed E-state index contributed by atoms with van der Waals surface area (Å²) < 4.78 is 43.4. The zero-order valence-corrected chi connectivity index (χ0v) is 19.9. The van der Waals surface area contributed by atoms with Crippen LogP contribution in [-0.2, 0) is 11.2 Å². The van der Waals surface area contributed by atoms with E-state index < -0.39 is 24.1 Å². The number of aromatic nitrogens is 1. The molecule has 0 radical (unpaired) electrons. The second kappa shape index (κ2) is 10.8. The Kier molecular flexibility index (Phi) is 7.49. The molecule has 1 aromatic heterocycles. The lowest BCUT2D eigenvalue weighted by Gasteiger charge is -2.19. The van der Waals surface area contributed by atoms with Crippen LogP contribution in [0.3, 0.4) is 0 Å². The number of nitrogens with two attached hydrogens (primary N) is 1. The van der Waals surface area contributed by atoms with Crippen LogP contribution in [0, 0.1) is 0 Å². The number of halogens is 3. The van der Waals surface area contributed by atoms with Crippen LogP contribution < -0.4 is 21.1 Å². The summed E-state index contributed by atoms with van der Waals surface area (Å²) in [5.74, 6) is -1.60. The summed E-state index contributed by atoms with van der Waals surface area (Å²) in [5.41, 5.74) is 9.17. The molecule has 0 bridgehead atoms. The van der Waals surface area contributed by atoms with Crippen LogP contribution in [0.4, 0.5) is 18.9 Å². The molecule has 10 heteroatoms. The van der Waals surface area contributed by atoms with Gasteiger partial charge in [0.25, 0.3) is 5.91 Å². The number of ether oxygens (including phenoxy) is 1. The number of carbonyl (C=O) groups is 2. The normalized spacial score (nSPS) is 12.2. The number of hydrogen-bond acceptors (Lipinski definition) is 4. The van der Waals surface area contributed by atoms with E-state index in [-0.39, 0.29) is 18.0 Å². The van der Waals surface area contributed by atoms with Crippen LogP contribution in [0.25, 0.3) is 22.0 Å². The van der Waals surface area contributed by atoms with E-state index in [0.29, 0.717) is 23.2 Å². The Bertz CT molecular complexity index is 1410. The Morgan fingerprint density at radius 1 is 1.03 bits per heavy atom. The van der Waals surface area contributed by atoms with E-state index in [0.717, 1.165) is 22.5 Å². The number of aromatic amines is 1. The molecule has 1 atom stereocenters. The average Bonchev–Trinajstić information content (AvgIpc) is 3.26. The number of anilines is 1. The number of fused-ring (bicyclic) bond motifs is 1. The SMILES string of the molecule is CC(=O)Nc1ccc(-c2ccc(OC(F)(F)F)c(C(=O)NC(CN)Cc3c[nH]c4ccccc34)c2)cc1. The predicted octanol–water partition coefficient (Wildman–Crippen LogP) is 4.99. The first-order valence-electron chi connectivity index (χ1n) is 11.5. The highest BCUT2D eigenvalue weighted by Gasteiger charge is 2.33. The van der Waals surface area contributed by atoms with Crippen LogP contribution in [-0.4, -0.2) is 35.7 Å². The molecule has 7 nitrogen and oxygen atoms in total. The Morgan fingerprint density at radius 2 is 1.73 bits per heavy atom. The highest BCUT2D eigenvalue weighted by molar-refractivity contribution is 5.98. The molecular formula is C27H25F3N4O3.